The first-order chi connectivity index (χ1) is 6.20. The first-order valence-electron chi connectivity index (χ1n) is 5.43. The SMILES string of the molecule is C1=NC2=C(C1)CCCC2.CC(C)C. The fourth-order valence-corrected chi connectivity index (χ4v) is 1.59. The van der Waals surface area contributed by atoms with Gasteiger partial charge in [-0.15, -0.1) is 0 Å². The Bertz CT molecular complexity index is 208. The zero-order valence-corrected chi connectivity index (χ0v) is 9.14. The summed E-state index contributed by atoms with van der Waals surface area (Å²) in [4.78, 5) is 4.31. The number of hydrogen-bond acceptors (Lipinski definition) is 1. The third-order valence-electron chi connectivity index (χ3n) is 2.14. The summed E-state index contributed by atoms with van der Waals surface area (Å²) in [5.74, 6) is 0.833. The lowest BCUT2D eigenvalue weighted by Crippen LogP contribution is -1.92. The summed E-state index contributed by atoms with van der Waals surface area (Å²) in [5.41, 5.74) is 3.02. The molecule has 0 N–H and O–H groups in total. The molecule has 0 bridgehead atoms. The lowest BCUT2D eigenvalue weighted by atomic mass is 9.96. The second-order valence-corrected chi connectivity index (χ2v) is 4.51. The lowest BCUT2D eigenvalue weighted by Gasteiger charge is -2.10. The number of rotatable bonds is 0. The van der Waals surface area contributed by atoms with Crippen LogP contribution < -0.4 is 0 Å². The Morgan fingerprint density at radius 1 is 1.15 bits per heavy atom. The molecule has 0 atom stereocenters. The highest BCUT2D eigenvalue weighted by molar-refractivity contribution is 5.67. The molecule has 0 aromatic heterocycles. The van der Waals surface area contributed by atoms with Gasteiger partial charge in [-0.1, -0.05) is 20.8 Å². The summed E-state index contributed by atoms with van der Waals surface area (Å²) >= 11 is 0. The van der Waals surface area contributed by atoms with E-state index >= 15 is 0 Å². The maximum atomic E-state index is 4.31. The Balaban J connectivity index is 0.000000184. The fourth-order valence-electron chi connectivity index (χ4n) is 1.59. The van der Waals surface area contributed by atoms with Gasteiger partial charge in [0.1, 0.15) is 0 Å². The molecule has 13 heavy (non-hydrogen) atoms. The summed E-state index contributed by atoms with van der Waals surface area (Å²) in [6.45, 7) is 6.50. The Morgan fingerprint density at radius 2 is 1.77 bits per heavy atom. The van der Waals surface area contributed by atoms with E-state index in [1.54, 1.807) is 5.57 Å². The summed E-state index contributed by atoms with van der Waals surface area (Å²) < 4.78 is 0. The van der Waals surface area contributed by atoms with Gasteiger partial charge in [0.25, 0.3) is 0 Å². The van der Waals surface area contributed by atoms with E-state index in [1.165, 1.54) is 31.4 Å². The molecule has 74 valence electrons. The summed E-state index contributed by atoms with van der Waals surface area (Å²) in [5, 5.41) is 0. The van der Waals surface area contributed by atoms with Crippen LogP contribution in [0.25, 0.3) is 0 Å². The number of aliphatic imine (C=N–C) groups is 1. The van der Waals surface area contributed by atoms with Crippen molar-refractivity contribution in [3.63, 3.8) is 0 Å². The quantitative estimate of drug-likeness (QED) is 0.534. The van der Waals surface area contributed by atoms with E-state index in [-0.39, 0.29) is 0 Å². The van der Waals surface area contributed by atoms with E-state index in [4.69, 9.17) is 0 Å². The second kappa shape index (κ2) is 5.21. The van der Waals surface area contributed by atoms with Crippen molar-refractivity contribution in [2.45, 2.75) is 52.9 Å². The van der Waals surface area contributed by atoms with Crippen LogP contribution in [0.5, 0.6) is 0 Å². The van der Waals surface area contributed by atoms with E-state index < -0.39 is 0 Å². The van der Waals surface area contributed by atoms with Crippen LogP contribution in [-0.4, -0.2) is 6.21 Å². The molecule has 0 unspecified atom stereocenters. The fraction of sp³-hybridized carbons (Fsp3) is 0.750. The smallest absolute Gasteiger partial charge is 0.0395 e. The van der Waals surface area contributed by atoms with Crippen molar-refractivity contribution >= 4 is 6.21 Å². The van der Waals surface area contributed by atoms with Crippen molar-refractivity contribution in [2.24, 2.45) is 10.9 Å². The van der Waals surface area contributed by atoms with Crippen LogP contribution in [-0.2, 0) is 0 Å². The third-order valence-corrected chi connectivity index (χ3v) is 2.14. The van der Waals surface area contributed by atoms with Gasteiger partial charge in [0, 0.05) is 18.3 Å². The highest BCUT2D eigenvalue weighted by Crippen LogP contribution is 2.30. The normalized spacial score (nSPS) is 20.0. The number of hydrogen-bond donors (Lipinski definition) is 0. The Kier molecular flexibility index (Phi) is 4.20. The Hall–Kier alpha value is -0.590. The topological polar surface area (TPSA) is 12.4 Å². The molecular weight excluding hydrogens is 158 g/mol. The molecule has 1 heterocycles. The molecule has 0 fully saturated rings. The van der Waals surface area contributed by atoms with Crippen LogP contribution >= 0.6 is 0 Å². The van der Waals surface area contributed by atoms with Gasteiger partial charge in [0.15, 0.2) is 0 Å². The van der Waals surface area contributed by atoms with Crippen LogP contribution in [0.2, 0.25) is 0 Å². The molecule has 2 aliphatic rings. The number of nitrogens with zero attached hydrogens (tertiary/aromatic N) is 1. The highest BCUT2D eigenvalue weighted by atomic mass is 14.8. The van der Waals surface area contributed by atoms with E-state index in [0.717, 1.165) is 12.3 Å². The van der Waals surface area contributed by atoms with E-state index in [1.807, 2.05) is 0 Å². The molecule has 1 aliphatic carbocycles. The van der Waals surface area contributed by atoms with Gasteiger partial charge in [0.05, 0.1) is 0 Å². The molecule has 1 nitrogen and oxygen atoms in total. The minimum Gasteiger partial charge on any atom is -0.265 e. The average molecular weight is 179 g/mol. The van der Waals surface area contributed by atoms with Crippen molar-refractivity contribution in [3.05, 3.63) is 11.3 Å². The molecule has 0 aromatic carbocycles. The largest absolute Gasteiger partial charge is 0.265 e. The molecule has 0 saturated heterocycles. The monoisotopic (exact) mass is 179 g/mol. The van der Waals surface area contributed by atoms with Crippen molar-refractivity contribution < 1.29 is 0 Å². The zero-order chi connectivity index (χ0) is 9.68. The standard InChI is InChI=1S/C8H11N.C4H10/c1-2-4-8-7(3-1)5-6-9-8;1-4(2)3/h6H,1-5H2;4H,1-3H3. The first-order valence-corrected chi connectivity index (χ1v) is 5.43. The predicted molar refractivity (Wildman–Crippen MR) is 59.1 cm³/mol. The van der Waals surface area contributed by atoms with Gasteiger partial charge >= 0.3 is 0 Å². The summed E-state index contributed by atoms with van der Waals surface area (Å²) in [6, 6.07) is 0. The maximum Gasteiger partial charge on any atom is 0.0395 e. The second-order valence-electron chi connectivity index (χ2n) is 4.51. The van der Waals surface area contributed by atoms with E-state index in [0.29, 0.717) is 0 Å². The van der Waals surface area contributed by atoms with Gasteiger partial charge in [-0.25, -0.2) is 0 Å². The van der Waals surface area contributed by atoms with Gasteiger partial charge in [0.2, 0.25) is 0 Å². The molecular formula is C12H21N. The van der Waals surface area contributed by atoms with E-state index in [9.17, 15) is 0 Å². The van der Waals surface area contributed by atoms with Crippen LogP contribution in [0.3, 0.4) is 0 Å². The number of allylic oxidation sites excluding steroid dienone is 2. The molecule has 1 heteroatoms. The molecule has 0 amide bonds. The Morgan fingerprint density at radius 3 is 2.38 bits per heavy atom. The maximum absolute atomic E-state index is 4.31. The van der Waals surface area contributed by atoms with E-state index in [2.05, 4.69) is 32.0 Å². The van der Waals surface area contributed by atoms with Crippen LogP contribution in [0.1, 0.15) is 52.9 Å². The zero-order valence-electron chi connectivity index (χ0n) is 9.14. The van der Waals surface area contributed by atoms with Crippen molar-refractivity contribution in [3.8, 4) is 0 Å². The van der Waals surface area contributed by atoms with Crippen molar-refractivity contribution in [1.82, 2.24) is 0 Å². The van der Waals surface area contributed by atoms with Gasteiger partial charge in [-0.05, 0) is 37.2 Å². The third kappa shape index (κ3) is 3.75. The molecule has 0 aromatic rings. The van der Waals surface area contributed by atoms with Gasteiger partial charge in [-0.2, -0.15) is 0 Å². The molecule has 0 saturated carbocycles. The minimum atomic E-state index is 0.833. The average Bonchev–Trinajstić information content (AvgIpc) is 2.49. The van der Waals surface area contributed by atoms with Crippen molar-refractivity contribution in [2.75, 3.05) is 0 Å². The minimum absolute atomic E-state index is 0.833. The van der Waals surface area contributed by atoms with Gasteiger partial charge < -0.3 is 0 Å². The van der Waals surface area contributed by atoms with Crippen LogP contribution in [0.15, 0.2) is 16.3 Å². The molecule has 1 aliphatic heterocycles. The molecule has 0 spiro atoms. The van der Waals surface area contributed by atoms with Crippen LogP contribution in [0.4, 0.5) is 0 Å². The lowest BCUT2D eigenvalue weighted by molar-refractivity contribution is 0.670. The van der Waals surface area contributed by atoms with Crippen molar-refractivity contribution in [1.29, 1.82) is 0 Å². The van der Waals surface area contributed by atoms with Crippen LogP contribution in [0, 0.1) is 5.92 Å². The summed E-state index contributed by atoms with van der Waals surface area (Å²) in [7, 11) is 0. The predicted octanol–water partition coefficient (Wildman–Crippen LogP) is 3.95. The van der Waals surface area contributed by atoms with Gasteiger partial charge in [-0.3, -0.25) is 4.99 Å². The molecule has 2 rings (SSSR count). The summed E-state index contributed by atoms with van der Waals surface area (Å²) in [6.07, 6.45) is 8.50. The first kappa shape index (κ1) is 10.5. The highest BCUT2D eigenvalue weighted by Gasteiger charge is 2.13. The molecule has 0 radical (unpaired) electrons. The Labute approximate surface area is 82.0 Å².